The highest BCUT2D eigenvalue weighted by Crippen LogP contribution is 2.25. The first kappa shape index (κ1) is 30.2. The summed E-state index contributed by atoms with van der Waals surface area (Å²) in [5, 5.41) is 0. The summed E-state index contributed by atoms with van der Waals surface area (Å²) in [7, 11) is 1.54. The number of rotatable bonds is 12. The summed E-state index contributed by atoms with van der Waals surface area (Å²) in [6, 6.07) is 4.75. The summed E-state index contributed by atoms with van der Waals surface area (Å²) in [6.45, 7) is 8.14. The lowest BCUT2D eigenvalue weighted by atomic mass is 9.85. The number of nitrogens with zero attached hydrogens (tertiary/aromatic N) is 2. The molecule has 0 saturated heterocycles. The second-order valence-electron chi connectivity index (χ2n) is 10.3. The Hall–Kier alpha value is -3.04. The second-order valence-corrected chi connectivity index (χ2v) is 10.3. The number of imide groups is 1. The van der Waals surface area contributed by atoms with E-state index in [1.165, 1.54) is 4.90 Å². The number of aldehydes is 1. The molecule has 0 unspecified atom stereocenters. The van der Waals surface area contributed by atoms with E-state index in [-0.39, 0.29) is 24.7 Å². The van der Waals surface area contributed by atoms with Crippen LogP contribution in [0.1, 0.15) is 52.5 Å². The van der Waals surface area contributed by atoms with Gasteiger partial charge in [0.1, 0.15) is 12.0 Å². The van der Waals surface area contributed by atoms with Crippen molar-refractivity contribution in [3.63, 3.8) is 0 Å². The zero-order valence-corrected chi connectivity index (χ0v) is 22.7. The Morgan fingerprint density at radius 3 is 2.30 bits per heavy atom. The number of amides is 3. The van der Waals surface area contributed by atoms with Gasteiger partial charge in [0.25, 0.3) is 11.8 Å². The van der Waals surface area contributed by atoms with Crippen LogP contribution in [0.2, 0.25) is 0 Å². The molecule has 4 N–H and O–H groups in total. The van der Waals surface area contributed by atoms with Crippen LogP contribution in [0.5, 0.6) is 5.75 Å². The fraction of sp³-hybridized carbons (Fsp3) is 0.571. The lowest BCUT2D eigenvalue weighted by Gasteiger charge is -2.40. The summed E-state index contributed by atoms with van der Waals surface area (Å²) in [5.74, 6) is -1.91. The van der Waals surface area contributed by atoms with Crippen molar-refractivity contribution in [2.75, 3.05) is 20.2 Å². The summed E-state index contributed by atoms with van der Waals surface area (Å²) in [4.78, 5) is 56.4. The monoisotopic (exact) mass is 514 g/mol. The number of hydrogen-bond acceptors (Lipinski definition) is 7. The number of hydrogen-bond donors (Lipinski definition) is 2. The van der Waals surface area contributed by atoms with Crippen molar-refractivity contribution in [1.82, 2.24) is 9.80 Å². The Morgan fingerprint density at radius 1 is 1.16 bits per heavy atom. The van der Waals surface area contributed by atoms with Gasteiger partial charge in [-0.2, -0.15) is 0 Å². The first-order chi connectivity index (χ1) is 17.5. The molecule has 1 aromatic carbocycles. The maximum Gasteiger partial charge on any atom is 0.259 e. The number of carbonyl (C=O) groups is 4. The van der Waals surface area contributed by atoms with Crippen LogP contribution in [-0.4, -0.2) is 71.6 Å². The smallest absolute Gasteiger partial charge is 0.259 e. The third-order valence-electron chi connectivity index (χ3n) is 6.93. The van der Waals surface area contributed by atoms with E-state index in [4.69, 9.17) is 16.2 Å². The van der Waals surface area contributed by atoms with E-state index < -0.39 is 35.3 Å². The predicted molar refractivity (Wildman–Crippen MR) is 143 cm³/mol. The van der Waals surface area contributed by atoms with E-state index in [0.717, 1.165) is 4.90 Å². The van der Waals surface area contributed by atoms with Crippen molar-refractivity contribution in [2.45, 2.75) is 71.0 Å². The molecule has 0 spiro atoms. The third kappa shape index (κ3) is 7.26. The number of ether oxygens (including phenoxy) is 1. The highest BCUT2D eigenvalue weighted by molar-refractivity contribution is 6.15. The molecule has 37 heavy (non-hydrogen) atoms. The molecule has 204 valence electrons. The van der Waals surface area contributed by atoms with Crippen LogP contribution in [-0.2, 0) is 25.6 Å². The van der Waals surface area contributed by atoms with Crippen LogP contribution >= 0.6 is 0 Å². The van der Waals surface area contributed by atoms with Gasteiger partial charge in [-0.05, 0) is 42.4 Å². The molecule has 1 aromatic rings. The molecule has 1 aliphatic heterocycles. The summed E-state index contributed by atoms with van der Waals surface area (Å²) in [5.41, 5.74) is 11.6. The zero-order valence-electron chi connectivity index (χ0n) is 22.7. The molecule has 2 rings (SSSR count). The summed E-state index contributed by atoms with van der Waals surface area (Å²) >= 11 is 0. The van der Waals surface area contributed by atoms with Crippen LogP contribution in [0.15, 0.2) is 36.4 Å². The summed E-state index contributed by atoms with van der Waals surface area (Å²) < 4.78 is 5.19. The molecular weight excluding hydrogens is 472 g/mol. The first-order valence-corrected chi connectivity index (χ1v) is 12.9. The third-order valence-corrected chi connectivity index (χ3v) is 6.93. The van der Waals surface area contributed by atoms with Gasteiger partial charge in [0.2, 0.25) is 5.91 Å². The molecule has 0 aliphatic carbocycles. The van der Waals surface area contributed by atoms with Gasteiger partial charge >= 0.3 is 0 Å². The van der Waals surface area contributed by atoms with Gasteiger partial charge in [0, 0.05) is 19.5 Å². The van der Waals surface area contributed by atoms with Crippen LogP contribution in [0.3, 0.4) is 0 Å². The number of nitrogens with two attached hydrogens (primary N) is 2. The standard InChI is InChI=1S/C28H42N4O5/c1-6-20(4)24(29)25(34)32(22(18-33)16-21-10-12-23(37-5)13-11-21)27(36)28(30,17-19(2)3)26(35)31-14-8-7-9-15-31/h7-8,10-13,18-20,22,24H,6,9,14-17,29-30H2,1-5H3/t20-,22+,24-,28-/m0/s1. The molecule has 0 fully saturated rings. The van der Waals surface area contributed by atoms with Gasteiger partial charge in [-0.3, -0.25) is 19.3 Å². The van der Waals surface area contributed by atoms with Crippen LogP contribution < -0.4 is 16.2 Å². The van der Waals surface area contributed by atoms with E-state index >= 15 is 0 Å². The maximum atomic E-state index is 14.2. The SMILES string of the molecule is CC[C@H](C)[C@H](N)C(=O)N(C(=O)[C@](N)(CC(C)C)C(=O)N1CC=CCC1)[C@@H](C=O)Cc1ccc(OC)cc1. The number of carbonyl (C=O) groups excluding carboxylic acids is 4. The predicted octanol–water partition coefficient (Wildman–Crippen LogP) is 2.07. The molecule has 0 radical (unpaired) electrons. The Kier molecular flexibility index (Phi) is 11.0. The minimum absolute atomic E-state index is 0.0152. The van der Waals surface area contributed by atoms with E-state index in [2.05, 4.69) is 0 Å². The first-order valence-electron chi connectivity index (χ1n) is 12.9. The van der Waals surface area contributed by atoms with Crippen LogP contribution in [0.4, 0.5) is 0 Å². The molecule has 0 bridgehead atoms. The highest BCUT2D eigenvalue weighted by Gasteiger charge is 2.50. The summed E-state index contributed by atoms with van der Waals surface area (Å²) in [6.07, 6.45) is 5.67. The molecule has 9 nitrogen and oxygen atoms in total. The largest absolute Gasteiger partial charge is 0.497 e. The van der Waals surface area contributed by atoms with E-state index in [1.54, 1.807) is 38.3 Å². The van der Waals surface area contributed by atoms with Gasteiger partial charge in [0.15, 0.2) is 5.54 Å². The number of methoxy groups -OCH3 is 1. The highest BCUT2D eigenvalue weighted by atomic mass is 16.5. The Morgan fingerprint density at radius 2 is 1.81 bits per heavy atom. The molecule has 3 amide bonds. The van der Waals surface area contributed by atoms with Crippen molar-refractivity contribution in [2.24, 2.45) is 23.3 Å². The minimum Gasteiger partial charge on any atom is -0.497 e. The molecule has 1 heterocycles. The van der Waals surface area contributed by atoms with Gasteiger partial charge in [0.05, 0.1) is 19.2 Å². The molecule has 9 heteroatoms. The fourth-order valence-corrected chi connectivity index (χ4v) is 4.51. The van der Waals surface area contributed by atoms with Gasteiger partial charge in [-0.1, -0.05) is 58.4 Å². The minimum atomic E-state index is -2.02. The normalized spacial score (nSPS) is 17.5. The Bertz CT molecular complexity index is 977. The van der Waals surface area contributed by atoms with Crippen molar-refractivity contribution in [1.29, 1.82) is 0 Å². The number of benzene rings is 1. The van der Waals surface area contributed by atoms with E-state index in [1.807, 2.05) is 32.9 Å². The topological polar surface area (TPSA) is 136 Å². The lowest BCUT2D eigenvalue weighted by molar-refractivity contribution is -0.159. The van der Waals surface area contributed by atoms with Gasteiger partial charge in [-0.15, -0.1) is 0 Å². The maximum absolute atomic E-state index is 14.2. The fourth-order valence-electron chi connectivity index (χ4n) is 4.51. The van der Waals surface area contributed by atoms with E-state index in [9.17, 15) is 19.2 Å². The average Bonchev–Trinajstić information content (AvgIpc) is 2.91. The van der Waals surface area contributed by atoms with Gasteiger partial charge < -0.3 is 25.9 Å². The van der Waals surface area contributed by atoms with Crippen LogP contribution in [0, 0.1) is 11.8 Å². The molecule has 0 saturated carbocycles. The Balaban J connectivity index is 2.55. The Labute approximate surface area is 220 Å². The van der Waals surface area contributed by atoms with E-state index in [0.29, 0.717) is 43.5 Å². The van der Waals surface area contributed by atoms with Gasteiger partial charge in [-0.25, -0.2) is 0 Å². The molecule has 4 atom stereocenters. The molecule has 1 aliphatic rings. The molecule has 0 aromatic heterocycles. The van der Waals surface area contributed by atoms with Crippen molar-refractivity contribution in [3.05, 3.63) is 42.0 Å². The van der Waals surface area contributed by atoms with Crippen molar-refractivity contribution in [3.8, 4) is 5.75 Å². The zero-order chi connectivity index (χ0) is 27.8. The van der Waals surface area contributed by atoms with Crippen molar-refractivity contribution < 1.29 is 23.9 Å². The van der Waals surface area contributed by atoms with Crippen molar-refractivity contribution >= 4 is 24.0 Å². The average molecular weight is 515 g/mol. The quantitative estimate of drug-likeness (QED) is 0.248. The molecular formula is C28H42N4O5. The second kappa shape index (κ2) is 13.5. The van der Waals surface area contributed by atoms with Crippen LogP contribution in [0.25, 0.3) is 0 Å². The lowest BCUT2D eigenvalue weighted by Crippen LogP contribution is -2.69.